The fraction of sp³-hybridized carbons (Fsp3) is 0.375. The van der Waals surface area contributed by atoms with E-state index in [9.17, 15) is 0 Å². The summed E-state index contributed by atoms with van der Waals surface area (Å²) in [4.78, 5) is 9.14. The van der Waals surface area contributed by atoms with Gasteiger partial charge in [0.25, 0.3) is 0 Å². The van der Waals surface area contributed by atoms with Crippen LogP contribution in [0.3, 0.4) is 0 Å². The van der Waals surface area contributed by atoms with Crippen LogP contribution in [0, 0.1) is 0 Å². The maximum absolute atomic E-state index is 5.91. The summed E-state index contributed by atoms with van der Waals surface area (Å²) < 4.78 is 0. The lowest BCUT2D eigenvalue weighted by Gasteiger charge is -2.13. The number of anilines is 3. The molecule has 0 atom stereocenters. The van der Waals surface area contributed by atoms with Crippen LogP contribution in [-0.4, -0.2) is 16.0 Å². The fourth-order valence-electron chi connectivity index (χ4n) is 2.12. The average Bonchev–Trinajstić information content (AvgIpc) is 3.25. The van der Waals surface area contributed by atoms with Crippen LogP contribution in [0.25, 0.3) is 0 Å². The van der Waals surface area contributed by atoms with Gasteiger partial charge in [0.1, 0.15) is 5.82 Å². The highest BCUT2D eigenvalue weighted by Crippen LogP contribution is 2.40. The lowest BCUT2D eigenvalue weighted by Crippen LogP contribution is -2.14. The average molecular weight is 303 g/mol. The van der Waals surface area contributed by atoms with Gasteiger partial charge in [-0.05, 0) is 51.0 Å². The van der Waals surface area contributed by atoms with Crippen molar-refractivity contribution in [1.82, 2.24) is 9.97 Å². The molecule has 0 bridgehead atoms. The van der Waals surface area contributed by atoms with Crippen LogP contribution in [0.1, 0.15) is 38.3 Å². The molecule has 21 heavy (non-hydrogen) atoms. The fourth-order valence-corrected chi connectivity index (χ4v) is 2.25. The van der Waals surface area contributed by atoms with Gasteiger partial charge in [0.2, 0.25) is 5.95 Å². The first-order chi connectivity index (χ1) is 10.1. The number of nitrogens with zero attached hydrogens (tertiary/aromatic N) is 2. The highest BCUT2D eigenvalue weighted by Gasteiger charge is 2.26. The third-order valence-corrected chi connectivity index (χ3v) is 3.53. The van der Waals surface area contributed by atoms with Crippen LogP contribution < -0.4 is 10.6 Å². The predicted octanol–water partition coefficient (Wildman–Crippen LogP) is 4.57. The van der Waals surface area contributed by atoms with E-state index >= 15 is 0 Å². The molecule has 0 amide bonds. The molecule has 0 saturated heterocycles. The second kappa shape index (κ2) is 5.90. The Morgan fingerprint density at radius 1 is 1.14 bits per heavy atom. The van der Waals surface area contributed by atoms with Crippen LogP contribution in [0.5, 0.6) is 0 Å². The van der Waals surface area contributed by atoms with E-state index in [2.05, 4.69) is 34.4 Å². The van der Waals surface area contributed by atoms with Gasteiger partial charge in [-0.15, -0.1) is 0 Å². The van der Waals surface area contributed by atoms with E-state index in [1.165, 1.54) is 12.8 Å². The van der Waals surface area contributed by atoms with Crippen molar-refractivity contribution in [3.8, 4) is 0 Å². The number of halogens is 1. The molecule has 2 N–H and O–H groups in total. The van der Waals surface area contributed by atoms with Crippen molar-refractivity contribution in [2.24, 2.45) is 0 Å². The lowest BCUT2D eigenvalue weighted by atomic mass is 10.2. The third kappa shape index (κ3) is 3.85. The summed E-state index contributed by atoms with van der Waals surface area (Å²) in [5.41, 5.74) is 2.08. The van der Waals surface area contributed by atoms with Crippen LogP contribution in [0.4, 0.5) is 17.5 Å². The van der Waals surface area contributed by atoms with Gasteiger partial charge in [0, 0.05) is 28.7 Å². The zero-order chi connectivity index (χ0) is 14.8. The van der Waals surface area contributed by atoms with Gasteiger partial charge in [-0.2, -0.15) is 4.98 Å². The van der Waals surface area contributed by atoms with Crippen molar-refractivity contribution < 1.29 is 0 Å². The smallest absolute Gasteiger partial charge is 0.225 e. The first-order valence-electron chi connectivity index (χ1n) is 7.28. The third-order valence-electron chi connectivity index (χ3n) is 3.28. The van der Waals surface area contributed by atoms with Crippen molar-refractivity contribution in [2.45, 2.75) is 38.6 Å². The number of nitrogens with one attached hydrogen (secondary N) is 2. The van der Waals surface area contributed by atoms with Crippen molar-refractivity contribution in [3.05, 3.63) is 41.0 Å². The van der Waals surface area contributed by atoms with E-state index in [1.54, 1.807) is 0 Å². The molecule has 2 aromatic rings. The zero-order valence-corrected chi connectivity index (χ0v) is 13.0. The van der Waals surface area contributed by atoms with Crippen molar-refractivity contribution in [1.29, 1.82) is 0 Å². The van der Waals surface area contributed by atoms with E-state index in [-0.39, 0.29) is 0 Å². The Morgan fingerprint density at radius 3 is 2.48 bits per heavy atom. The normalized spacial score (nSPS) is 14.3. The van der Waals surface area contributed by atoms with Crippen LogP contribution in [-0.2, 0) is 0 Å². The standard InChI is InChI=1S/C16H19ClN4/c1-10(2)18-16-20-14(11-3-4-11)9-15(21-16)19-13-7-5-12(17)6-8-13/h5-11H,3-4H2,1-2H3,(H2,18,19,20,21). The lowest BCUT2D eigenvalue weighted by molar-refractivity contribution is 0.864. The minimum atomic E-state index is 0.308. The summed E-state index contributed by atoms with van der Waals surface area (Å²) in [5.74, 6) is 2.09. The Morgan fingerprint density at radius 2 is 1.86 bits per heavy atom. The van der Waals surface area contributed by atoms with Crippen LogP contribution in [0.2, 0.25) is 5.02 Å². The maximum atomic E-state index is 5.91. The number of aromatic nitrogens is 2. The molecule has 4 nitrogen and oxygen atoms in total. The van der Waals surface area contributed by atoms with Gasteiger partial charge in [-0.25, -0.2) is 4.98 Å². The van der Waals surface area contributed by atoms with Gasteiger partial charge >= 0.3 is 0 Å². The first-order valence-corrected chi connectivity index (χ1v) is 7.66. The van der Waals surface area contributed by atoms with E-state index in [0.29, 0.717) is 17.9 Å². The summed E-state index contributed by atoms with van der Waals surface area (Å²) in [6.07, 6.45) is 2.44. The quantitative estimate of drug-likeness (QED) is 0.849. The molecule has 110 valence electrons. The van der Waals surface area contributed by atoms with Crippen molar-refractivity contribution in [3.63, 3.8) is 0 Å². The molecule has 1 aromatic carbocycles. The Balaban J connectivity index is 1.85. The van der Waals surface area contributed by atoms with Crippen molar-refractivity contribution >= 4 is 29.1 Å². The molecule has 0 aliphatic heterocycles. The number of benzene rings is 1. The summed E-state index contributed by atoms with van der Waals surface area (Å²) >= 11 is 5.91. The topological polar surface area (TPSA) is 49.8 Å². The SMILES string of the molecule is CC(C)Nc1nc(Nc2ccc(Cl)cc2)cc(C2CC2)n1. The maximum Gasteiger partial charge on any atom is 0.225 e. The number of rotatable bonds is 5. The molecule has 1 heterocycles. The molecule has 1 aliphatic rings. The Bertz CT molecular complexity index is 621. The summed E-state index contributed by atoms with van der Waals surface area (Å²) in [7, 11) is 0. The molecule has 1 aliphatic carbocycles. The van der Waals surface area contributed by atoms with E-state index in [1.807, 2.05) is 30.3 Å². The highest BCUT2D eigenvalue weighted by atomic mass is 35.5. The molecule has 5 heteroatoms. The van der Waals surface area contributed by atoms with Gasteiger partial charge in [0.05, 0.1) is 5.69 Å². The van der Waals surface area contributed by atoms with E-state index in [4.69, 9.17) is 11.6 Å². The summed E-state index contributed by atoms with van der Waals surface area (Å²) in [6.45, 7) is 4.17. The Hall–Kier alpha value is -1.81. The van der Waals surface area contributed by atoms with Gasteiger partial charge in [-0.1, -0.05) is 11.6 Å². The molecule has 1 aromatic heterocycles. The van der Waals surface area contributed by atoms with Crippen LogP contribution in [0.15, 0.2) is 30.3 Å². The largest absolute Gasteiger partial charge is 0.352 e. The summed E-state index contributed by atoms with van der Waals surface area (Å²) in [5, 5.41) is 7.32. The molecular weight excluding hydrogens is 284 g/mol. The highest BCUT2D eigenvalue weighted by molar-refractivity contribution is 6.30. The Kier molecular flexibility index (Phi) is 3.97. The first kappa shape index (κ1) is 14.1. The predicted molar refractivity (Wildman–Crippen MR) is 87.5 cm³/mol. The monoisotopic (exact) mass is 302 g/mol. The molecule has 1 fully saturated rings. The van der Waals surface area contributed by atoms with E-state index < -0.39 is 0 Å². The molecule has 0 unspecified atom stereocenters. The van der Waals surface area contributed by atoms with Gasteiger partial charge in [-0.3, -0.25) is 0 Å². The molecule has 0 radical (unpaired) electrons. The molecule has 3 rings (SSSR count). The molecule has 0 spiro atoms. The molecule has 1 saturated carbocycles. The summed E-state index contributed by atoms with van der Waals surface area (Å²) in [6, 6.07) is 9.95. The Labute approximate surface area is 130 Å². The van der Waals surface area contributed by atoms with Crippen LogP contribution >= 0.6 is 11.6 Å². The second-order valence-corrected chi connectivity index (χ2v) is 6.14. The van der Waals surface area contributed by atoms with E-state index in [0.717, 1.165) is 22.2 Å². The second-order valence-electron chi connectivity index (χ2n) is 5.71. The minimum Gasteiger partial charge on any atom is -0.352 e. The minimum absolute atomic E-state index is 0.308. The van der Waals surface area contributed by atoms with Crippen molar-refractivity contribution in [2.75, 3.05) is 10.6 Å². The van der Waals surface area contributed by atoms with Gasteiger partial charge < -0.3 is 10.6 Å². The zero-order valence-electron chi connectivity index (χ0n) is 12.2. The number of hydrogen-bond acceptors (Lipinski definition) is 4. The number of hydrogen-bond donors (Lipinski definition) is 2. The molecular formula is C16H19ClN4. The van der Waals surface area contributed by atoms with Gasteiger partial charge in [0.15, 0.2) is 0 Å².